The van der Waals surface area contributed by atoms with Gasteiger partial charge in [-0.25, -0.2) is 0 Å². The lowest BCUT2D eigenvalue weighted by Crippen LogP contribution is -1.90. The molecule has 0 radical (unpaired) electrons. The molecule has 12 heavy (non-hydrogen) atoms. The lowest BCUT2D eigenvalue weighted by atomic mass is 10.2. The van der Waals surface area contributed by atoms with Crippen LogP contribution in [-0.2, 0) is 0 Å². The molecule has 0 aliphatic rings. The van der Waals surface area contributed by atoms with Crippen LogP contribution in [0, 0.1) is 0 Å². The third kappa shape index (κ3) is 2.55. The number of nitrogens with two attached hydrogens (primary N) is 1. The molecule has 0 saturated heterocycles. The number of aromatic nitrogens is 1. The molecule has 3 heteroatoms. The van der Waals surface area contributed by atoms with Crippen LogP contribution in [0.5, 0.6) is 0 Å². The predicted molar refractivity (Wildman–Crippen MR) is 53.0 cm³/mol. The van der Waals surface area contributed by atoms with Crippen LogP contribution in [0.25, 0.3) is 6.08 Å². The van der Waals surface area contributed by atoms with E-state index >= 15 is 0 Å². The highest BCUT2D eigenvalue weighted by molar-refractivity contribution is 6.17. The molecule has 0 aliphatic carbocycles. The van der Waals surface area contributed by atoms with E-state index in [1.54, 1.807) is 6.20 Å². The highest BCUT2D eigenvalue weighted by Gasteiger charge is 1.91. The van der Waals surface area contributed by atoms with Gasteiger partial charge in [-0.15, -0.1) is 11.6 Å². The molecule has 1 aromatic heterocycles. The molecular weight excluding hydrogens is 172 g/mol. The second kappa shape index (κ2) is 4.78. The summed E-state index contributed by atoms with van der Waals surface area (Å²) in [6.07, 6.45) is 6.41. The van der Waals surface area contributed by atoms with Crippen molar-refractivity contribution in [2.24, 2.45) is 0 Å². The Bertz CT molecular complexity index is 271. The first-order valence-electron chi connectivity index (χ1n) is 3.77. The molecule has 1 rings (SSSR count). The molecular formula is C9H11ClN2. The van der Waals surface area contributed by atoms with Crippen LogP contribution in [-0.4, -0.2) is 10.9 Å². The molecule has 0 fully saturated rings. The zero-order valence-corrected chi connectivity index (χ0v) is 7.46. The van der Waals surface area contributed by atoms with Gasteiger partial charge in [-0.1, -0.05) is 6.08 Å². The van der Waals surface area contributed by atoms with Crippen LogP contribution in [0.15, 0.2) is 24.4 Å². The van der Waals surface area contributed by atoms with E-state index < -0.39 is 0 Å². The molecule has 64 valence electrons. The highest BCUT2D eigenvalue weighted by atomic mass is 35.5. The van der Waals surface area contributed by atoms with Crippen molar-refractivity contribution in [2.75, 3.05) is 11.6 Å². The number of hydrogen-bond donors (Lipinski definition) is 1. The second-order valence-electron chi connectivity index (χ2n) is 2.36. The second-order valence-corrected chi connectivity index (χ2v) is 2.74. The minimum atomic E-state index is 0.628. The first kappa shape index (κ1) is 9.07. The quantitative estimate of drug-likeness (QED) is 0.729. The van der Waals surface area contributed by atoms with Gasteiger partial charge in [0, 0.05) is 12.1 Å². The average molecular weight is 183 g/mol. The SMILES string of the molecule is Nc1cccnc1C=CCCCl. The van der Waals surface area contributed by atoms with Gasteiger partial charge >= 0.3 is 0 Å². The van der Waals surface area contributed by atoms with E-state index in [-0.39, 0.29) is 0 Å². The van der Waals surface area contributed by atoms with Gasteiger partial charge in [0.1, 0.15) is 0 Å². The summed E-state index contributed by atoms with van der Waals surface area (Å²) in [4.78, 5) is 4.10. The van der Waals surface area contributed by atoms with Gasteiger partial charge in [0.2, 0.25) is 0 Å². The van der Waals surface area contributed by atoms with Crippen LogP contribution in [0.2, 0.25) is 0 Å². The van der Waals surface area contributed by atoms with Crippen molar-refractivity contribution in [3.05, 3.63) is 30.1 Å². The maximum atomic E-state index is 5.66. The predicted octanol–water partition coefficient (Wildman–Crippen LogP) is 2.31. The van der Waals surface area contributed by atoms with Crippen molar-refractivity contribution in [3.8, 4) is 0 Å². The van der Waals surface area contributed by atoms with E-state index in [9.17, 15) is 0 Å². The van der Waals surface area contributed by atoms with E-state index in [4.69, 9.17) is 17.3 Å². The van der Waals surface area contributed by atoms with Crippen LogP contribution < -0.4 is 5.73 Å². The fourth-order valence-corrected chi connectivity index (χ4v) is 0.953. The van der Waals surface area contributed by atoms with E-state index in [1.165, 1.54) is 0 Å². The molecule has 0 bridgehead atoms. The Hall–Kier alpha value is -1.02. The first-order chi connectivity index (χ1) is 5.84. The molecule has 0 aliphatic heterocycles. The van der Waals surface area contributed by atoms with E-state index in [0.29, 0.717) is 11.6 Å². The summed E-state index contributed by atoms with van der Waals surface area (Å²) in [6, 6.07) is 3.64. The number of pyridine rings is 1. The van der Waals surface area contributed by atoms with Gasteiger partial charge in [-0.3, -0.25) is 4.98 Å². The number of nitrogens with zero attached hydrogens (tertiary/aromatic N) is 1. The largest absolute Gasteiger partial charge is 0.397 e. The topological polar surface area (TPSA) is 38.9 Å². The Morgan fingerprint density at radius 3 is 3.08 bits per heavy atom. The molecule has 0 spiro atoms. The number of rotatable bonds is 3. The van der Waals surface area contributed by atoms with Crippen molar-refractivity contribution < 1.29 is 0 Å². The normalized spacial score (nSPS) is 10.8. The molecule has 2 N–H and O–H groups in total. The van der Waals surface area contributed by atoms with Gasteiger partial charge in [-0.2, -0.15) is 0 Å². The van der Waals surface area contributed by atoms with Crippen molar-refractivity contribution >= 4 is 23.4 Å². The average Bonchev–Trinajstić information content (AvgIpc) is 2.09. The van der Waals surface area contributed by atoms with E-state index in [2.05, 4.69) is 4.98 Å². The smallest absolute Gasteiger partial charge is 0.0855 e. The van der Waals surface area contributed by atoms with Crippen molar-refractivity contribution in [1.82, 2.24) is 4.98 Å². The summed E-state index contributed by atoms with van der Waals surface area (Å²) >= 11 is 5.50. The number of hydrogen-bond acceptors (Lipinski definition) is 2. The van der Waals surface area contributed by atoms with Crippen LogP contribution in [0.4, 0.5) is 5.69 Å². The third-order valence-electron chi connectivity index (χ3n) is 1.42. The molecule has 1 aromatic rings. The fourth-order valence-electron chi connectivity index (χ4n) is 0.827. The minimum Gasteiger partial charge on any atom is -0.397 e. The number of allylic oxidation sites excluding steroid dienone is 1. The first-order valence-corrected chi connectivity index (χ1v) is 4.31. The zero-order valence-electron chi connectivity index (χ0n) is 6.70. The highest BCUT2D eigenvalue weighted by Crippen LogP contribution is 2.08. The van der Waals surface area contributed by atoms with Crippen LogP contribution >= 0.6 is 11.6 Å². The molecule has 0 atom stereocenters. The maximum absolute atomic E-state index is 5.66. The Morgan fingerprint density at radius 1 is 1.58 bits per heavy atom. The summed E-state index contributed by atoms with van der Waals surface area (Å²) in [5.74, 6) is 0.628. The van der Waals surface area contributed by atoms with Crippen LogP contribution in [0.1, 0.15) is 12.1 Å². The van der Waals surface area contributed by atoms with Crippen molar-refractivity contribution in [3.63, 3.8) is 0 Å². The Kier molecular flexibility index (Phi) is 3.61. The molecule has 0 unspecified atom stereocenters. The number of halogens is 1. The summed E-state index contributed by atoms with van der Waals surface area (Å²) in [5.41, 5.74) is 7.16. The Balaban J connectivity index is 2.68. The lowest BCUT2D eigenvalue weighted by molar-refractivity contribution is 1.23. The molecule has 2 nitrogen and oxygen atoms in total. The minimum absolute atomic E-state index is 0.628. The van der Waals surface area contributed by atoms with Gasteiger partial charge in [0.15, 0.2) is 0 Å². The van der Waals surface area contributed by atoms with E-state index in [1.807, 2.05) is 24.3 Å². The number of anilines is 1. The van der Waals surface area contributed by atoms with Crippen molar-refractivity contribution in [2.45, 2.75) is 6.42 Å². The van der Waals surface area contributed by atoms with Crippen LogP contribution in [0.3, 0.4) is 0 Å². The molecule has 0 amide bonds. The number of alkyl halides is 1. The molecule has 1 heterocycles. The number of nitrogen functional groups attached to an aromatic ring is 1. The summed E-state index contributed by atoms with van der Waals surface area (Å²) in [5, 5.41) is 0. The maximum Gasteiger partial charge on any atom is 0.0855 e. The third-order valence-corrected chi connectivity index (χ3v) is 1.64. The van der Waals surface area contributed by atoms with Gasteiger partial charge in [0.25, 0.3) is 0 Å². The Labute approximate surface area is 77.1 Å². The lowest BCUT2D eigenvalue weighted by Gasteiger charge is -1.96. The summed E-state index contributed by atoms with van der Waals surface area (Å²) in [6.45, 7) is 0. The fraction of sp³-hybridized carbons (Fsp3) is 0.222. The standard InChI is InChI=1S/C9H11ClN2/c10-6-2-1-5-9-8(11)4-3-7-12-9/h1,3-5,7H,2,6,11H2. The zero-order chi connectivity index (χ0) is 8.81. The summed E-state index contributed by atoms with van der Waals surface area (Å²) < 4.78 is 0. The summed E-state index contributed by atoms with van der Waals surface area (Å²) in [7, 11) is 0. The monoisotopic (exact) mass is 182 g/mol. The molecule has 0 aromatic carbocycles. The van der Waals surface area contributed by atoms with E-state index in [0.717, 1.165) is 12.1 Å². The Morgan fingerprint density at radius 2 is 2.42 bits per heavy atom. The molecule has 0 saturated carbocycles. The van der Waals surface area contributed by atoms with Gasteiger partial charge in [0.05, 0.1) is 11.4 Å². The van der Waals surface area contributed by atoms with Crippen molar-refractivity contribution in [1.29, 1.82) is 0 Å². The van der Waals surface area contributed by atoms with Gasteiger partial charge in [-0.05, 0) is 24.6 Å². The van der Waals surface area contributed by atoms with Gasteiger partial charge < -0.3 is 5.73 Å².